The van der Waals surface area contributed by atoms with Crippen molar-refractivity contribution < 1.29 is 18.7 Å². The molecule has 7 nitrogen and oxygen atoms in total. The summed E-state index contributed by atoms with van der Waals surface area (Å²) in [6.07, 6.45) is 0.681. The summed E-state index contributed by atoms with van der Waals surface area (Å²) in [5, 5.41) is 11.3. The van der Waals surface area contributed by atoms with E-state index in [1.54, 1.807) is 12.1 Å². The van der Waals surface area contributed by atoms with Gasteiger partial charge in [0.05, 0.1) is 13.2 Å². The third-order valence-electron chi connectivity index (χ3n) is 5.39. The maximum Gasteiger partial charge on any atom is 0.251 e. The van der Waals surface area contributed by atoms with Gasteiger partial charge in [-0.05, 0) is 81.3 Å². The van der Waals surface area contributed by atoms with Crippen molar-refractivity contribution in [1.29, 1.82) is 0 Å². The molecular weight excluding hydrogens is 442 g/mol. The second-order valence-electron chi connectivity index (χ2n) is 8.01. The predicted octanol–water partition coefficient (Wildman–Crippen LogP) is 5.48. The molecule has 1 heterocycles. The van der Waals surface area contributed by atoms with Crippen LogP contribution in [0, 0.1) is 6.92 Å². The minimum Gasteiger partial charge on any atom is -0.490 e. The van der Waals surface area contributed by atoms with Gasteiger partial charge in [-0.2, -0.15) is 0 Å². The van der Waals surface area contributed by atoms with Crippen molar-refractivity contribution in [3.8, 4) is 34.4 Å². The number of benzene rings is 3. The number of carbonyl (C=O) groups is 1. The van der Waals surface area contributed by atoms with E-state index >= 15 is 0 Å². The number of nitrogens with one attached hydrogen (secondary N) is 1. The van der Waals surface area contributed by atoms with Crippen molar-refractivity contribution in [1.82, 2.24) is 15.5 Å². The summed E-state index contributed by atoms with van der Waals surface area (Å²) in [4.78, 5) is 12.6. The van der Waals surface area contributed by atoms with E-state index in [0.29, 0.717) is 43.5 Å². The first kappa shape index (κ1) is 24.0. The molecule has 180 valence electrons. The Hall–Kier alpha value is -4.13. The van der Waals surface area contributed by atoms with E-state index in [-0.39, 0.29) is 5.91 Å². The zero-order chi connectivity index (χ0) is 24.6. The van der Waals surface area contributed by atoms with Crippen molar-refractivity contribution in [3.05, 3.63) is 83.4 Å². The molecule has 0 aliphatic rings. The molecule has 4 aromatic rings. The molecule has 0 aliphatic carbocycles. The van der Waals surface area contributed by atoms with Crippen LogP contribution in [0.4, 0.5) is 0 Å². The van der Waals surface area contributed by atoms with Crippen LogP contribution < -0.4 is 14.8 Å². The number of hydrogen-bond acceptors (Lipinski definition) is 6. The minimum atomic E-state index is -0.140. The van der Waals surface area contributed by atoms with Gasteiger partial charge >= 0.3 is 0 Å². The lowest BCUT2D eigenvalue weighted by molar-refractivity contribution is 0.0954. The molecule has 0 fully saturated rings. The Balaban J connectivity index is 1.35. The summed E-state index contributed by atoms with van der Waals surface area (Å²) >= 11 is 0. The van der Waals surface area contributed by atoms with Crippen molar-refractivity contribution in [2.24, 2.45) is 0 Å². The largest absolute Gasteiger partial charge is 0.490 e. The highest BCUT2D eigenvalue weighted by Crippen LogP contribution is 2.29. The van der Waals surface area contributed by atoms with Gasteiger partial charge in [0.15, 0.2) is 11.5 Å². The van der Waals surface area contributed by atoms with Crippen molar-refractivity contribution in [2.45, 2.75) is 27.2 Å². The highest BCUT2D eigenvalue weighted by atomic mass is 16.5. The molecule has 0 spiro atoms. The molecule has 0 saturated heterocycles. The van der Waals surface area contributed by atoms with E-state index in [1.165, 1.54) is 0 Å². The van der Waals surface area contributed by atoms with Gasteiger partial charge in [0, 0.05) is 23.2 Å². The maximum atomic E-state index is 12.6. The smallest absolute Gasteiger partial charge is 0.251 e. The number of nitrogens with zero attached hydrogens (tertiary/aromatic N) is 2. The molecule has 3 aromatic carbocycles. The molecule has 1 amide bonds. The molecule has 0 saturated carbocycles. The molecule has 0 bridgehead atoms. The van der Waals surface area contributed by atoms with E-state index in [1.807, 2.05) is 75.4 Å². The van der Waals surface area contributed by atoms with Crippen LogP contribution in [0.2, 0.25) is 0 Å². The van der Waals surface area contributed by atoms with Gasteiger partial charge in [0.2, 0.25) is 11.8 Å². The second-order valence-corrected chi connectivity index (χ2v) is 8.01. The average Bonchev–Trinajstić information content (AvgIpc) is 3.36. The Morgan fingerprint density at radius 2 is 1.57 bits per heavy atom. The van der Waals surface area contributed by atoms with Gasteiger partial charge in [-0.25, -0.2) is 0 Å². The van der Waals surface area contributed by atoms with Gasteiger partial charge in [-0.3, -0.25) is 4.79 Å². The monoisotopic (exact) mass is 471 g/mol. The van der Waals surface area contributed by atoms with Crippen LogP contribution in [-0.4, -0.2) is 35.9 Å². The zero-order valence-corrected chi connectivity index (χ0v) is 20.2. The number of hydrogen-bond donors (Lipinski definition) is 1. The van der Waals surface area contributed by atoms with Crippen LogP contribution in [0.3, 0.4) is 0 Å². The van der Waals surface area contributed by atoms with E-state index in [2.05, 4.69) is 15.5 Å². The normalized spacial score (nSPS) is 10.7. The first-order valence-corrected chi connectivity index (χ1v) is 11.7. The Kier molecular flexibility index (Phi) is 7.77. The van der Waals surface area contributed by atoms with Gasteiger partial charge < -0.3 is 19.2 Å². The molecule has 35 heavy (non-hydrogen) atoms. The number of aromatic nitrogens is 2. The van der Waals surface area contributed by atoms with Crippen molar-refractivity contribution >= 4 is 5.91 Å². The molecule has 0 radical (unpaired) electrons. The molecule has 7 heteroatoms. The molecule has 0 unspecified atom stereocenters. The van der Waals surface area contributed by atoms with Gasteiger partial charge in [-0.15, -0.1) is 10.2 Å². The quantitative estimate of drug-likeness (QED) is 0.330. The zero-order valence-electron chi connectivity index (χ0n) is 20.2. The first-order valence-electron chi connectivity index (χ1n) is 11.7. The Morgan fingerprint density at radius 1 is 0.857 bits per heavy atom. The van der Waals surface area contributed by atoms with Crippen LogP contribution in [0.15, 0.2) is 71.1 Å². The van der Waals surface area contributed by atoms with Crippen molar-refractivity contribution in [3.63, 3.8) is 0 Å². The topological polar surface area (TPSA) is 86.5 Å². The minimum absolute atomic E-state index is 0.140. The average molecular weight is 472 g/mol. The molecule has 1 N–H and O–H groups in total. The number of aryl methyl sites for hydroxylation is 1. The summed E-state index contributed by atoms with van der Waals surface area (Å²) in [5.74, 6) is 2.19. The number of rotatable bonds is 10. The lowest BCUT2D eigenvalue weighted by Crippen LogP contribution is -2.25. The number of ether oxygens (including phenoxy) is 2. The van der Waals surface area contributed by atoms with Gasteiger partial charge in [-0.1, -0.05) is 23.8 Å². The third kappa shape index (κ3) is 6.06. The fraction of sp³-hybridized carbons (Fsp3) is 0.250. The van der Waals surface area contributed by atoms with E-state index in [9.17, 15) is 4.79 Å². The Labute approximate surface area is 205 Å². The predicted molar refractivity (Wildman–Crippen MR) is 135 cm³/mol. The Bertz CT molecular complexity index is 1280. The highest BCUT2D eigenvalue weighted by molar-refractivity contribution is 5.94. The van der Waals surface area contributed by atoms with E-state index in [4.69, 9.17) is 13.9 Å². The summed E-state index contributed by atoms with van der Waals surface area (Å²) in [6.45, 7) is 7.54. The Morgan fingerprint density at radius 3 is 2.29 bits per heavy atom. The van der Waals surface area contributed by atoms with Gasteiger partial charge in [0.1, 0.15) is 0 Å². The highest BCUT2D eigenvalue weighted by Gasteiger charge is 2.12. The van der Waals surface area contributed by atoms with Gasteiger partial charge in [0.25, 0.3) is 5.91 Å². The first-order chi connectivity index (χ1) is 17.1. The van der Waals surface area contributed by atoms with E-state index in [0.717, 1.165) is 33.8 Å². The van der Waals surface area contributed by atoms with Crippen molar-refractivity contribution in [2.75, 3.05) is 19.8 Å². The molecule has 0 aliphatic heterocycles. The van der Waals surface area contributed by atoms with Crippen LogP contribution in [0.5, 0.6) is 11.5 Å². The summed E-state index contributed by atoms with van der Waals surface area (Å²) in [6, 6.07) is 20.9. The lowest BCUT2D eigenvalue weighted by atomic mass is 10.1. The lowest BCUT2D eigenvalue weighted by Gasteiger charge is -2.12. The summed E-state index contributed by atoms with van der Waals surface area (Å²) in [7, 11) is 0. The SMILES string of the molecule is CCOc1ccc(CCNC(=O)c2ccc(-c3nnc(-c4cccc(C)c4)o3)cc2)cc1OCC. The number of carbonyl (C=O) groups excluding carboxylic acids is 1. The standard InChI is InChI=1S/C28H29N3O4/c1-4-33-24-14-9-20(18-25(24)34-5-2)15-16-29-26(32)21-10-12-22(13-11-21)27-30-31-28(35-27)23-8-6-7-19(3)17-23/h6-14,17-18H,4-5,15-16H2,1-3H3,(H,29,32). The van der Waals surface area contributed by atoms with Crippen LogP contribution in [0.1, 0.15) is 35.3 Å². The number of amides is 1. The second kappa shape index (κ2) is 11.3. The summed E-state index contributed by atoms with van der Waals surface area (Å²) in [5.41, 5.74) is 4.38. The fourth-order valence-electron chi connectivity index (χ4n) is 3.67. The van der Waals surface area contributed by atoms with Crippen LogP contribution in [0.25, 0.3) is 22.9 Å². The maximum absolute atomic E-state index is 12.6. The van der Waals surface area contributed by atoms with E-state index < -0.39 is 0 Å². The molecular formula is C28H29N3O4. The molecule has 4 rings (SSSR count). The fourth-order valence-corrected chi connectivity index (χ4v) is 3.67. The molecule has 0 atom stereocenters. The molecule has 1 aromatic heterocycles. The van der Waals surface area contributed by atoms with Crippen LogP contribution >= 0.6 is 0 Å². The summed E-state index contributed by atoms with van der Waals surface area (Å²) < 4.78 is 17.1. The van der Waals surface area contributed by atoms with Crippen LogP contribution in [-0.2, 0) is 6.42 Å². The third-order valence-corrected chi connectivity index (χ3v) is 5.39.